The van der Waals surface area contributed by atoms with Crippen LogP contribution in [0.15, 0.2) is 0 Å². The molecule has 0 radical (unpaired) electrons. The zero-order valence-electron chi connectivity index (χ0n) is 6.92. The molecule has 0 unspecified atom stereocenters. The average Bonchev–Trinajstić information content (AvgIpc) is 2.46. The molecule has 2 rings (SSSR count). The van der Waals surface area contributed by atoms with Gasteiger partial charge in [-0.2, -0.15) is 0 Å². The molecule has 0 amide bonds. The Morgan fingerprint density at radius 1 is 1.27 bits per heavy atom. The predicted octanol–water partition coefficient (Wildman–Crippen LogP) is 0.614. The highest BCUT2D eigenvalue weighted by Gasteiger charge is 2.34. The summed E-state index contributed by atoms with van der Waals surface area (Å²) in [7, 11) is 0. The van der Waals surface area contributed by atoms with Gasteiger partial charge in [-0.3, -0.25) is 0 Å². The van der Waals surface area contributed by atoms with E-state index in [9.17, 15) is 0 Å². The molecule has 11 heavy (non-hydrogen) atoms. The highest BCUT2D eigenvalue weighted by Crippen LogP contribution is 2.39. The van der Waals surface area contributed by atoms with Gasteiger partial charge in [0.1, 0.15) is 0 Å². The highest BCUT2D eigenvalue weighted by molar-refractivity contribution is 4.87. The Balaban J connectivity index is 1.92. The molecule has 1 heterocycles. The van der Waals surface area contributed by atoms with Crippen LogP contribution in [0.1, 0.15) is 19.3 Å². The Hall–Kier alpha value is -0.0800. The molecule has 2 heteroatoms. The summed E-state index contributed by atoms with van der Waals surface area (Å²) in [6.07, 6.45) is 3.87. The monoisotopic (exact) mass is 155 g/mol. The maximum Gasteiger partial charge on any atom is 0.0459 e. The van der Waals surface area contributed by atoms with E-state index in [4.69, 9.17) is 5.11 Å². The van der Waals surface area contributed by atoms with E-state index in [0.717, 1.165) is 11.8 Å². The van der Waals surface area contributed by atoms with E-state index >= 15 is 0 Å². The first-order chi connectivity index (χ1) is 5.40. The Labute approximate surface area is 68.0 Å². The molecule has 2 nitrogen and oxygen atoms in total. The van der Waals surface area contributed by atoms with Gasteiger partial charge < -0.3 is 10.4 Å². The Bertz CT molecular complexity index is 124. The molecule has 2 fully saturated rings. The van der Waals surface area contributed by atoms with Crippen molar-refractivity contribution in [2.24, 2.45) is 17.8 Å². The molecule has 0 aromatic carbocycles. The van der Waals surface area contributed by atoms with Crippen LogP contribution in [0, 0.1) is 17.8 Å². The maximum atomic E-state index is 8.99. The second-order valence-electron chi connectivity index (χ2n) is 4.03. The minimum atomic E-state index is 0.410. The minimum Gasteiger partial charge on any atom is -0.396 e. The smallest absolute Gasteiger partial charge is 0.0459 e. The van der Waals surface area contributed by atoms with Crippen LogP contribution < -0.4 is 5.32 Å². The number of fused-ring (bicyclic) bond motifs is 1. The standard InChI is InChI=1S/C9H17NO/c11-6-7-3-8-1-2-10-5-9(8)4-7/h7-11H,1-6H2/t7-,8-,9-/m1/s1. The molecule has 0 spiro atoms. The summed E-state index contributed by atoms with van der Waals surface area (Å²) in [5, 5.41) is 12.4. The van der Waals surface area contributed by atoms with Crippen LogP contribution >= 0.6 is 0 Å². The van der Waals surface area contributed by atoms with E-state index in [0.29, 0.717) is 12.5 Å². The predicted molar refractivity (Wildman–Crippen MR) is 44.3 cm³/mol. The Morgan fingerprint density at radius 3 is 2.82 bits per heavy atom. The number of hydrogen-bond acceptors (Lipinski definition) is 2. The second kappa shape index (κ2) is 3.11. The fraction of sp³-hybridized carbons (Fsp3) is 1.00. The highest BCUT2D eigenvalue weighted by atomic mass is 16.3. The zero-order chi connectivity index (χ0) is 7.68. The fourth-order valence-corrected chi connectivity index (χ4v) is 2.66. The number of nitrogens with one attached hydrogen (secondary N) is 1. The van der Waals surface area contributed by atoms with Crippen LogP contribution in [-0.4, -0.2) is 24.8 Å². The van der Waals surface area contributed by atoms with Gasteiger partial charge in [0.05, 0.1) is 0 Å². The topological polar surface area (TPSA) is 32.3 Å². The van der Waals surface area contributed by atoms with Crippen LogP contribution in [-0.2, 0) is 0 Å². The van der Waals surface area contributed by atoms with Crippen molar-refractivity contribution in [3.63, 3.8) is 0 Å². The molecule has 3 atom stereocenters. The first-order valence-corrected chi connectivity index (χ1v) is 4.71. The minimum absolute atomic E-state index is 0.410. The molecule has 0 aromatic heterocycles. The zero-order valence-corrected chi connectivity index (χ0v) is 6.92. The van der Waals surface area contributed by atoms with Crippen molar-refractivity contribution in [2.45, 2.75) is 19.3 Å². The lowest BCUT2D eigenvalue weighted by Gasteiger charge is -2.25. The summed E-state index contributed by atoms with van der Waals surface area (Å²) < 4.78 is 0. The van der Waals surface area contributed by atoms with Gasteiger partial charge in [0.15, 0.2) is 0 Å². The van der Waals surface area contributed by atoms with Crippen LogP contribution in [0.2, 0.25) is 0 Å². The summed E-state index contributed by atoms with van der Waals surface area (Å²) in [6.45, 7) is 2.80. The van der Waals surface area contributed by atoms with E-state index in [2.05, 4.69) is 5.32 Å². The lowest BCUT2D eigenvalue weighted by Crippen LogP contribution is -2.33. The summed E-state index contributed by atoms with van der Waals surface area (Å²) in [4.78, 5) is 0. The third-order valence-electron chi connectivity index (χ3n) is 3.30. The van der Waals surface area contributed by atoms with Gasteiger partial charge >= 0.3 is 0 Å². The first-order valence-electron chi connectivity index (χ1n) is 4.71. The first kappa shape index (κ1) is 7.56. The van der Waals surface area contributed by atoms with Crippen molar-refractivity contribution in [3.8, 4) is 0 Å². The van der Waals surface area contributed by atoms with Crippen LogP contribution in [0.25, 0.3) is 0 Å². The van der Waals surface area contributed by atoms with E-state index in [1.807, 2.05) is 0 Å². The van der Waals surface area contributed by atoms with Crippen molar-refractivity contribution in [2.75, 3.05) is 19.7 Å². The molecule has 0 aromatic rings. The maximum absolute atomic E-state index is 8.99. The molecule has 2 aliphatic rings. The third kappa shape index (κ3) is 1.42. The summed E-state index contributed by atoms with van der Waals surface area (Å²) >= 11 is 0. The van der Waals surface area contributed by atoms with Gasteiger partial charge in [0.2, 0.25) is 0 Å². The van der Waals surface area contributed by atoms with Crippen molar-refractivity contribution >= 4 is 0 Å². The molecule has 64 valence electrons. The molecule has 0 bridgehead atoms. The van der Waals surface area contributed by atoms with Gasteiger partial charge in [-0.25, -0.2) is 0 Å². The summed E-state index contributed by atoms with van der Waals surface area (Å²) in [6, 6.07) is 0. The van der Waals surface area contributed by atoms with Gasteiger partial charge in [-0.1, -0.05) is 0 Å². The fourth-order valence-electron chi connectivity index (χ4n) is 2.66. The number of aliphatic hydroxyl groups is 1. The number of piperidine rings is 1. The molecule has 1 saturated heterocycles. The van der Waals surface area contributed by atoms with Gasteiger partial charge in [-0.05, 0) is 50.1 Å². The van der Waals surface area contributed by atoms with Crippen LogP contribution in [0.4, 0.5) is 0 Å². The van der Waals surface area contributed by atoms with Crippen molar-refractivity contribution < 1.29 is 5.11 Å². The molecule has 1 aliphatic carbocycles. The Kier molecular flexibility index (Phi) is 2.14. The quantitative estimate of drug-likeness (QED) is 0.581. The molecule has 1 aliphatic heterocycles. The van der Waals surface area contributed by atoms with Crippen LogP contribution in [0.5, 0.6) is 0 Å². The van der Waals surface area contributed by atoms with Crippen molar-refractivity contribution in [3.05, 3.63) is 0 Å². The van der Waals surface area contributed by atoms with E-state index in [1.165, 1.54) is 32.4 Å². The summed E-state index contributed by atoms with van der Waals surface area (Å²) in [5.74, 6) is 2.42. The van der Waals surface area contributed by atoms with Crippen LogP contribution in [0.3, 0.4) is 0 Å². The van der Waals surface area contributed by atoms with E-state index in [-0.39, 0.29) is 0 Å². The average molecular weight is 155 g/mol. The SMILES string of the molecule is OC[C@@H]1C[C@H]2CCNC[C@H]2C1. The number of aliphatic hydroxyl groups excluding tert-OH is 1. The molecule has 1 saturated carbocycles. The van der Waals surface area contributed by atoms with E-state index < -0.39 is 0 Å². The molecule has 2 N–H and O–H groups in total. The lowest BCUT2D eigenvalue weighted by atomic mass is 9.90. The van der Waals surface area contributed by atoms with Gasteiger partial charge in [0, 0.05) is 6.61 Å². The largest absolute Gasteiger partial charge is 0.396 e. The normalized spacial score (nSPS) is 43.9. The second-order valence-corrected chi connectivity index (χ2v) is 4.03. The number of hydrogen-bond donors (Lipinski definition) is 2. The number of rotatable bonds is 1. The van der Waals surface area contributed by atoms with Crippen molar-refractivity contribution in [1.29, 1.82) is 0 Å². The van der Waals surface area contributed by atoms with Gasteiger partial charge in [-0.15, -0.1) is 0 Å². The van der Waals surface area contributed by atoms with Crippen molar-refractivity contribution in [1.82, 2.24) is 5.32 Å². The van der Waals surface area contributed by atoms with Gasteiger partial charge in [0.25, 0.3) is 0 Å². The lowest BCUT2D eigenvalue weighted by molar-refractivity contribution is 0.225. The molecular formula is C9H17NO. The van der Waals surface area contributed by atoms with E-state index in [1.54, 1.807) is 0 Å². The third-order valence-corrected chi connectivity index (χ3v) is 3.30. The summed E-state index contributed by atoms with van der Waals surface area (Å²) in [5.41, 5.74) is 0. The molecular weight excluding hydrogens is 138 g/mol. The Morgan fingerprint density at radius 2 is 2.09 bits per heavy atom.